The number of nitrogens with zero attached hydrogens (tertiary/aromatic N) is 1. The summed E-state index contributed by atoms with van der Waals surface area (Å²) in [7, 11) is 0. The van der Waals surface area contributed by atoms with E-state index >= 15 is 0 Å². The third kappa shape index (κ3) is 1.79. The average Bonchev–Trinajstić information content (AvgIpc) is 3.13. The van der Waals surface area contributed by atoms with Crippen molar-refractivity contribution < 1.29 is 19.5 Å². The number of hydrogen-bond donors (Lipinski definition) is 1. The van der Waals surface area contributed by atoms with Crippen molar-refractivity contribution in [2.75, 3.05) is 0 Å². The lowest BCUT2D eigenvalue weighted by Gasteiger charge is -2.32. The molecule has 2 amide bonds. The molecule has 1 N–H and O–H groups in total. The van der Waals surface area contributed by atoms with E-state index in [0.717, 1.165) is 19.3 Å². The van der Waals surface area contributed by atoms with Crippen molar-refractivity contribution in [1.82, 2.24) is 4.90 Å². The second-order valence-electron chi connectivity index (χ2n) is 7.27. The number of hydrogen-bond acceptors (Lipinski definition) is 3. The molecule has 4 rings (SSSR count). The SMILES string of the molecule is O=C(O)C1CCC(N2C(=O)[C@H]3[C@@H]4CC[C@@H](C4)[C@@H]3C2=O)CC1. The quantitative estimate of drug-likeness (QED) is 0.785. The molecule has 0 aromatic heterocycles. The zero-order valence-corrected chi connectivity index (χ0v) is 12.0. The molecule has 1 heterocycles. The minimum absolute atomic E-state index is 0.0477. The van der Waals surface area contributed by atoms with Gasteiger partial charge in [-0.15, -0.1) is 0 Å². The van der Waals surface area contributed by atoms with Gasteiger partial charge in [-0.2, -0.15) is 0 Å². The normalized spacial score (nSPS) is 45.2. The van der Waals surface area contributed by atoms with Crippen molar-refractivity contribution in [1.29, 1.82) is 0 Å². The highest BCUT2D eigenvalue weighted by atomic mass is 16.4. The third-order valence-corrected chi connectivity index (χ3v) is 6.37. The van der Waals surface area contributed by atoms with Gasteiger partial charge in [-0.3, -0.25) is 19.3 Å². The van der Waals surface area contributed by atoms with Gasteiger partial charge in [0.05, 0.1) is 17.8 Å². The summed E-state index contributed by atoms with van der Waals surface area (Å²) >= 11 is 0. The Kier molecular flexibility index (Phi) is 2.88. The number of carboxylic acid groups (broad SMARTS) is 1. The molecule has 2 bridgehead atoms. The molecule has 21 heavy (non-hydrogen) atoms. The van der Waals surface area contributed by atoms with Crippen LogP contribution in [0.4, 0.5) is 0 Å². The molecular weight excluding hydrogens is 270 g/mol. The number of amides is 2. The first-order valence-electron chi connectivity index (χ1n) is 8.17. The van der Waals surface area contributed by atoms with E-state index in [-0.39, 0.29) is 35.6 Å². The van der Waals surface area contributed by atoms with Crippen LogP contribution in [0.25, 0.3) is 0 Å². The van der Waals surface area contributed by atoms with Crippen molar-refractivity contribution in [3.8, 4) is 0 Å². The molecule has 5 nitrogen and oxygen atoms in total. The average molecular weight is 291 g/mol. The van der Waals surface area contributed by atoms with Gasteiger partial charge in [0.1, 0.15) is 0 Å². The maximum Gasteiger partial charge on any atom is 0.306 e. The Morgan fingerprint density at radius 2 is 1.43 bits per heavy atom. The molecule has 0 aromatic carbocycles. The zero-order valence-electron chi connectivity index (χ0n) is 12.0. The van der Waals surface area contributed by atoms with Gasteiger partial charge in [0, 0.05) is 6.04 Å². The molecule has 3 aliphatic carbocycles. The molecule has 1 aliphatic heterocycles. The van der Waals surface area contributed by atoms with Gasteiger partial charge in [-0.25, -0.2) is 0 Å². The molecule has 4 fully saturated rings. The Balaban J connectivity index is 1.51. The topological polar surface area (TPSA) is 74.7 Å². The first-order chi connectivity index (χ1) is 10.1. The molecule has 4 aliphatic rings. The standard InChI is InChI=1S/C16H21NO4/c18-14-12-9-1-2-10(7-9)13(12)15(19)17(14)11-5-3-8(4-6-11)16(20)21/h8-13H,1-7H2,(H,20,21)/t8?,9-,10+,11?,12-,13-/m0/s1. The Morgan fingerprint density at radius 3 is 1.90 bits per heavy atom. The van der Waals surface area contributed by atoms with Crippen molar-refractivity contribution >= 4 is 17.8 Å². The first kappa shape index (κ1) is 13.3. The summed E-state index contributed by atoms with van der Waals surface area (Å²) in [5.41, 5.74) is 0. The van der Waals surface area contributed by atoms with E-state index in [1.807, 2.05) is 0 Å². The molecule has 0 unspecified atom stereocenters. The third-order valence-electron chi connectivity index (χ3n) is 6.37. The first-order valence-corrected chi connectivity index (χ1v) is 8.17. The summed E-state index contributed by atoms with van der Waals surface area (Å²) in [6.07, 6.45) is 5.74. The van der Waals surface area contributed by atoms with Crippen LogP contribution in [0, 0.1) is 29.6 Å². The van der Waals surface area contributed by atoms with Crippen molar-refractivity contribution in [2.24, 2.45) is 29.6 Å². The van der Waals surface area contributed by atoms with E-state index in [2.05, 4.69) is 0 Å². The Labute approximate surface area is 123 Å². The lowest BCUT2D eigenvalue weighted by molar-refractivity contribution is -0.146. The number of carboxylic acids is 1. The van der Waals surface area contributed by atoms with Crippen LogP contribution in [0.1, 0.15) is 44.9 Å². The van der Waals surface area contributed by atoms with Crippen LogP contribution in [0.2, 0.25) is 0 Å². The summed E-state index contributed by atoms with van der Waals surface area (Å²) in [5.74, 6) is -0.186. The van der Waals surface area contributed by atoms with Gasteiger partial charge in [0.2, 0.25) is 11.8 Å². The van der Waals surface area contributed by atoms with E-state index in [1.54, 1.807) is 0 Å². The highest BCUT2D eigenvalue weighted by Gasteiger charge is 2.61. The predicted octanol–water partition coefficient (Wildman–Crippen LogP) is 1.66. The monoisotopic (exact) mass is 291 g/mol. The second-order valence-corrected chi connectivity index (χ2v) is 7.27. The fraction of sp³-hybridized carbons (Fsp3) is 0.812. The molecule has 5 heteroatoms. The van der Waals surface area contributed by atoms with Crippen molar-refractivity contribution in [2.45, 2.75) is 51.0 Å². The van der Waals surface area contributed by atoms with Crippen molar-refractivity contribution in [3.05, 3.63) is 0 Å². The predicted molar refractivity (Wildman–Crippen MR) is 73.0 cm³/mol. The summed E-state index contributed by atoms with van der Waals surface area (Å²) in [4.78, 5) is 37.9. The van der Waals surface area contributed by atoms with Crippen LogP contribution < -0.4 is 0 Å². The summed E-state index contributed by atoms with van der Waals surface area (Å²) < 4.78 is 0. The molecular formula is C16H21NO4. The van der Waals surface area contributed by atoms with Gasteiger partial charge in [0.25, 0.3) is 0 Å². The Morgan fingerprint density at radius 1 is 0.905 bits per heavy atom. The van der Waals surface area contributed by atoms with Gasteiger partial charge < -0.3 is 5.11 Å². The largest absolute Gasteiger partial charge is 0.481 e. The van der Waals surface area contributed by atoms with Gasteiger partial charge in [-0.1, -0.05) is 0 Å². The van der Waals surface area contributed by atoms with Gasteiger partial charge in [-0.05, 0) is 56.8 Å². The van der Waals surface area contributed by atoms with Gasteiger partial charge in [0.15, 0.2) is 0 Å². The molecule has 0 aromatic rings. The van der Waals surface area contributed by atoms with Crippen LogP contribution in [0.5, 0.6) is 0 Å². The molecule has 3 saturated carbocycles. The van der Waals surface area contributed by atoms with E-state index in [0.29, 0.717) is 37.5 Å². The van der Waals surface area contributed by atoms with Gasteiger partial charge >= 0.3 is 5.97 Å². The summed E-state index contributed by atoms with van der Waals surface area (Å²) in [5, 5.41) is 9.06. The number of aliphatic carboxylic acids is 1. The van der Waals surface area contributed by atoms with E-state index in [1.165, 1.54) is 4.90 Å². The van der Waals surface area contributed by atoms with Crippen LogP contribution >= 0.6 is 0 Å². The number of likely N-dealkylation sites (tertiary alicyclic amines) is 1. The second kappa shape index (κ2) is 4.55. The fourth-order valence-corrected chi connectivity index (χ4v) is 5.37. The molecule has 4 atom stereocenters. The number of carbonyl (C=O) groups excluding carboxylic acids is 2. The summed E-state index contributed by atoms with van der Waals surface area (Å²) in [6, 6.07) is -0.0504. The van der Waals surface area contributed by atoms with E-state index < -0.39 is 5.97 Å². The van der Waals surface area contributed by atoms with Crippen LogP contribution in [0.15, 0.2) is 0 Å². The van der Waals surface area contributed by atoms with Crippen LogP contribution in [0.3, 0.4) is 0 Å². The van der Waals surface area contributed by atoms with Crippen LogP contribution in [-0.2, 0) is 14.4 Å². The highest BCUT2D eigenvalue weighted by molar-refractivity contribution is 6.06. The zero-order chi connectivity index (χ0) is 14.7. The lowest BCUT2D eigenvalue weighted by atomic mass is 9.81. The maximum atomic E-state index is 12.7. The van der Waals surface area contributed by atoms with Crippen molar-refractivity contribution in [3.63, 3.8) is 0 Å². The number of fused-ring (bicyclic) bond motifs is 5. The number of carbonyl (C=O) groups is 3. The number of rotatable bonds is 2. The lowest BCUT2D eigenvalue weighted by Crippen LogP contribution is -2.44. The molecule has 0 radical (unpaired) electrons. The molecule has 0 spiro atoms. The number of imide groups is 1. The summed E-state index contributed by atoms with van der Waals surface area (Å²) in [6.45, 7) is 0. The smallest absolute Gasteiger partial charge is 0.306 e. The fourth-order valence-electron chi connectivity index (χ4n) is 5.37. The maximum absolute atomic E-state index is 12.7. The highest BCUT2D eigenvalue weighted by Crippen LogP contribution is 2.56. The van der Waals surface area contributed by atoms with E-state index in [9.17, 15) is 14.4 Å². The molecule has 114 valence electrons. The van der Waals surface area contributed by atoms with Crippen LogP contribution in [-0.4, -0.2) is 33.8 Å². The molecule has 1 saturated heterocycles. The Bertz CT molecular complexity index is 480. The minimum atomic E-state index is -0.748. The minimum Gasteiger partial charge on any atom is -0.481 e. The Hall–Kier alpha value is -1.39. The van der Waals surface area contributed by atoms with E-state index in [4.69, 9.17) is 5.11 Å².